The van der Waals surface area contributed by atoms with Gasteiger partial charge in [-0.15, -0.1) is 12.4 Å². The summed E-state index contributed by atoms with van der Waals surface area (Å²) in [6.45, 7) is 2.89. The van der Waals surface area contributed by atoms with Crippen LogP contribution in [0.5, 0.6) is 0 Å². The Balaban J connectivity index is 0.00000220. The van der Waals surface area contributed by atoms with Gasteiger partial charge in [-0.25, -0.2) is 0 Å². The summed E-state index contributed by atoms with van der Waals surface area (Å²) in [6.07, 6.45) is 0.809. The number of benzene rings is 1. The standard InChI is InChI=1S/C14H18ClN3O2.ClH/c1-9(14(20)18-7-6-12(16)8-18)17-13(19)10-2-4-11(15)5-3-10;/h2-5,9,12H,6-8,16H2,1H3,(H,17,19);1H/t9?,12-;/m1./s1. The second kappa shape index (κ2) is 7.64. The summed E-state index contributed by atoms with van der Waals surface area (Å²) >= 11 is 5.77. The van der Waals surface area contributed by atoms with Crippen LogP contribution in [0.25, 0.3) is 0 Å². The summed E-state index contributed by atoms with van der Waals surface area (Å²) in [7, 11) is 0. The van der Waals surface area contributed by atoms with Gasteiger partial charge in [-0.05, 0) is 37.6 Å². The van der Waals surface area contributed by atoms with Crippen LogP contribution in [0.4, 0.5) is 0 Å². The fourth-order valence-corrected chi connectivity index (χ4v) is 2.33. The largest absolute Gasteiger partial charge is 0.341 e. The number of hydrogen-bond donors (Lipinski definition) is 2. The van der Waals surface area contributed by atoms with Crippen molar-refractivity contribution in [3.05, 3.63) is 34.9 Å². The molecule has 1 aliphatic rings. The van der Waals surface area contributed by atoms with Crippen molar-refractivity contribution in [3.63, 3.8) is 0 Å². The smallest absolute Gasteiger partial charge is 0.251 e. The monoisotopic (exact) mass is 331 g/mol. The van der Waals surface area contributed by atoms with E-state index in [0.717, 1.165) is 6.42 Å². The highest BCUT2D eigenvalue weighted by Gasteiger charge is 2.27. The van der Waals surface area contributed by atoms with Crippen molar-refractivity contribution in [2.75, 3.05) is 13.1 Å². The molecule has 5 nitrogen and oxygen atoms in total. The molecule has 21 heavy (non-hydrogen) atoms. The molecule has 2 amide bonds. The van der Waals surface area contributed by atoms with E-state index in [0.29, 0.717) is 23.7 Å². The van der Waals surface area contributed by atoms with Crippen molar-refractivity contribution in [2.24, 2.45) is 5.73 Å². The van der Waals surface area contributed by atoms with Crippen LogP contribution in [0.1, 0.15) is 23.7 Å². The van der Waals surface area contributed by atoms with Gasteiger partial charge in [0.15, 0.2) is 0 Å². The highest BCUT2D eigenvalue weighted by atomic mass is 35.5. The van der Waals surface area contributed by atoms with Crippen LogP contribution in [0, 0.1) is 0 Å². The number of likely N-dealkylation sites (tertiary alicyclic amines) is 1. The number of halogens is 2. The average molecular weight is 332 g/mol. The number of rotatable bonds is 3. The first-order valence-electron chi connectivity index (χ1n) is 6.58. The summed E-state index contributed by atoms with van der Waals surface area (Å²) < 4.78 is 0. The molecule has 0 spiro atoms. The van der Waals surface area contributed by atoms with E-state index in [2.05, 4.69) is 5.32 Å². The zero-order chi connectivity index (χ0) is 14.7. The van der Waals surface area contributed by atoms with Crippen molar-refractivity contribution in [1.29, 1.82) is 0 Å². The van der Waals surface area contributed by atoms with Crippen LogP contribution in [0.15, 0.2) is 24.3 Å². The maximum absolute atomic E-state index is 12.1. The van der Waals surface area contributed by atoms with Crippen LogP contribution >= 0.6 is 24.0 Å². The molecule has 3 N–H and O–H groups in total. The lowest BCUT2D eigenvalue weighted by Crippen LogP contribution is -2.46. The quantitative estimate of drug-likeness (QED) is 0.879. The van der Waals surface area contributed by atoms with E-state index in [4.69, 9.17) is 17.3 Å². The summed E-state index contributed by atoms with van der Waals surface area (Å²) in [4.78, 5) is 25.8. The molecule has 0 bridgehead atoms. The molecule has 1 heterocycles. The van der Waals surface area contributed by atoms with Gasteiger partial charge in [-0.1, -0.05) is 11.6 Å². The Hall–Kier alpha value is -1.30. The van der Waals surface area contributed by atoms with Crippen molar-refractivity contribution >= 4 is 35.8 Å². The van der Waals surface area contributed by atoms with Crippen LogP contribution in [0.2, 0.25) is 5.02 Å². The SMILES string of the molecule is CC(NC(=O)c1ccc(Cl)cc1)C(=O)N1CC[C@@H](N)C1.Cl. The average Bonchev–Trinajstić information content (AvgIpc) is 2.85. The number of hydrogen-bond acceptors (Lipinski definition) is 3. The van der Waals surface area contributed by atoms with E-state index < -0.39 is 6.04 Å². The van der Waals surface area contributed by atoms with Crippen molar-refractivity contribution in [3.8, 4) is 0 Å². The lowest BCUT2D eigenvalue weighted by atomic mass is 10.2. The summed E-state index contributed by atoms with van der Waals surface area (Å²) in [5.74, 6) is -0.383. The fraction of sp³-hybridized carbons (Fsp3) is 0.429. The van der Waals surface area contributed by atoms with Crippen molar-refractivity contribution in [2.45, 2.75) is 25.4 Å². The Labute approximate surface area is 135 Å². The van der Waals surface area contributed by atoms with Gasteiger partial charge in [-0.3, -0.25) is 9.59 Å². The molecular weight excluding hydrogens is 313 g/mol. The number of nitrogens with one attached hydrogen (secondary N) is 1. The minimum absolute atomic E-state index is 0. The first kappa shape index (κ1) is 17.8. The normalized spacial score (nSPS) is 18.8. The minimum atomic E-state index is -0.566. The number of nitrogens with two attached hydrogens (primary N) is 1. The van der Waals surface area contributed by atoms with E-state index in [9.17, 15) is 9.59 Å². The third kappa shape index (κ3) is 4.59. The lowest BCUT2D eigenvalue weighted by molar-refractivity contribution is -0.131. The Kier molecular flexibility index (Phi) is 6.45. The molecule has 116 valence electrons. The first-order valence-corrected chi connectivity index (χ1v) is 6.96. The zero-order valence-corrected chi connectivity index (χ0v) is 13.3. The van der Waals surface area contributed by atoms with E-state index in [-0.39, 0.29) is 30.3 Å². The molecule has 1 unspecified atom stereocenters. The Morgan fingerprint density at radius 2 is 2.00 bits per heavy atom. The zero-order valence-electron chi connectivity index (χ0n) is 11.7. The highest BCUT2D eigenvalue weighted by molar-refractivity contribution is 6.30. The Bertz CT molecular complexity index is 507. The third-order valence-corrected chi connectivity index (χ3v) is 3.61. The van der Waals surface area contributed by atoms with E-state index in [1.165, 1.54) is 0 Å². The van der Waals surface area contributed by atoms with Crippen LogP contribution in [0.3, 0.4) is 0 Å². The van der Waals surface area contributed by atoms with Gasteiger partial charge in [0, 0.05) is 29.7 Å². The maximum Gasteiger partial charge on any atom is 0.251 e. The van der Waals surface area contributed by atoms with Crippen LogP contribution in [-0.4, -0.2) is 41.9 Å². The molecule has 1 aromatic carbocycles. The summed E-state index contributed by atoms with van der Waals surface area (Å²) in [5, 5.41) is 3.26. The number of amides is 2. The minimum Gasteiger partial charge on any atom is -0.341 e. The number of carbonyl (C=O) groups is 2. The molecule has 0 radical (unpaired) electrons. The van der Waals surface area contributed by atoms with Crippen LogP contribution < -0.4 is 11.1 Å². The molecule has 1 saturated heterocycles. The third-order valence-electron chi connectivity index (χ3n) is 3.36. The fourth-order valence-electron chi connectivity index (χ4n) is 2.20. The van der Waals surface area contributed by atoms with Crippen LogP contribution in [-0.2, 0) is 4.79 Å². The van der Waals surface area contributed by atoms with E-state index in [1.807, 2.05) is 0 Å². The molecule has 2 rings (SSSR count). The van der Waals surface area contributed by atoms with E-state index in [1.54, 1.807) is 36.1 Å². The molecule has 1 aliphatic heterocycles. The Morgan fingerprint density at radius 1 is 1.38 bits per heavy atom. The van der Waals surface area contributed by atoms with Gasteiger partial charge >= 0.3 is 0 Å². The van der Waals surface area contributed by atoms with E-state index >= 15 is 0 Å². The topological polar surface area (TPSA) is 75.4 Å². The lowest BCUT2D eigenvalue weighted by Gasteiger charge is -2.21. The maximum atomic E-state index is 12.1. The molecule has 0 aromatic heterocycles. The van der Waals surface area contributed by atoms with Gasteiger partial charge < -0.3 is 16.0 Å². The van der Waals surface area contributed by atoms with Gasteiger partial charge in [0.05, 0.1) is 0 Å². The molecule has 1 fully saturated rings. The molecular formula is C14H19Cl2N3O2. The second-order valence-corrected chi connectivity index (χ2v) is 5.47. The summed E-state index contributed by atoms with van der Waals surface area (Å²) in [5.41, 5.74) is 6.25. The molecule has 0 saturated carbocycles. The molecule has 2 atom stereocenters. The molecule has 1 aromatic rings. The highest BCUT2D eigenvalue weighted by Crippen LogP contribution is 2.11. The Morgan fingerprint density at radius 3 is 2.52 bits per heavy atom. The van der Waals surface area contributed by atoms with Crippen molar-refractivity contribution < 1.29 is 9.59 Å². The van der Waals surface area contributed by atoms with Crippen molar-refractivity contribution in [1.82, 2.24) is 10.2 Å². The van der Waals surface area contributed by atoms with Gasteiger partial charge in [-0.2, -0.15) is 0 Å². The number of carbonyl (C=O) groups excluding carboxylic acids is 2. The predicted octanol–water partition coefficient (Wildman–Crippen LogP) is 1.44. The molecule has 0 aliphatic carbocycles. The number of nitrogens with zero attached hydrogens (tertiary/aromatic N) is 1. The predicted molar refractivity (Wildman–Crippen MR) is 84.8 cm³/mol. The molecule has 7 heteroatoms. The van der Waals surface area contributed by atoms with Gasteiger partial charge in [0.1, 0.15) is 6.04 Å². The second-order valence-electron chi connectivity index (χ2n) is 5.04. The summed E-state index contributed by atoms with van der Waals surface area (Å²) in [6, 6.07) is 6.01. The van der Waals surface area contributed by atoms with Gasteiger partial charge in [0.2, 0.25) is 5.91 Å². The first-order chi connectivity index (χ1) is 9.47. The van der Waals surface area contributed by atoms with Gasteiger partial charge in [0.25, 0.3) is 5.91 Å².